The molecule has 1 rings (SSSR count). The van der Waals surface area contributed by atoms with Crippen LogP contribution in [0.25, 0.3) is 0 Å². The maximum absolute atomic E-state index is 10.4. The Kier molecular flexibility index (Phi) is 1.03. The summed E-state index contributed by atoms with van der Waals surface area (Å²) in [6, 6.07) is 0. The summed E-state index contributed by atoms with van der Waals surface area (Å²) in [5.74, 6) is 0. The molecule has 3 nitrogen and oxygen atoms in total. The number of rotatable bonds is 1. The Hall–Kier alpha value is -0.120. The van der Waals surface area contributed by atoms with E-state index in [9.17, 15) is 5.21 Å². The van der Waals surface area contributed by atoms with Crippen LogP contribution in [-0.2, 0) is 0 Å². The van der Waals surface area contributed by atoms with E-state index in [2.05, 4.69) is 0 Å². The molecule has 42 valence electrons. The highest BCUT2D eigenvalue weighted by Gasteiger charge is 2.34. The largest absolute Gasteiger partial charge is 0.633 e. The third-order valence-electron chi connectivity index (χ3n) is 1.33. The number of quaternary nitrogens is 1. The maximum atomic E-state index is 10.4. The lowest BCUT2D eigenvalue weighted by Crippen LogP contribution is -3.06. The van der Waals surface area contributed by atoms with Gasteiger partial charge in [0, 0.05) is 0 Å². The Labute approximate surface area is 43.1 Å². The smallest absolute Gasteiger partial charge is 0.156 e. The number of nitrogens with one attached hydrogen (secondary N) is 1. The molecule has 1 fully saturated rings. The van der Waals surface area contributed by atoms with Gasteiger partial charge in [-0.05, 0) is 7.05 Å². The van der Waals surface area contributed by atoms with Crippen molar-refractivity contribution in [2.24, 2.45) is 0 Å². The molecule has 1 aliphatic heterocycles. The van der Waals surface area contributed by atoms with E-state index in [-0.39, 0.29) is 6.17 Å². The van der Waals surface area contributed by atoms with Crippen molar-refractivity contribution in [1.82, 2.24) is 4.90 Å². The summed E-state index contributed by atoms with van der Waals surface area (Å²) in [6.07, 6.45) is 0.264. The van der Waals surface area contributed by atoms with Crippen molar-refractivity contribution in [3.05, 3.63) is 5.21 Å². The second kappa shape index (κ2) is 1.43. The van der Waals surface area contributed by atoms with Crippen LogP contribution in [0.5, 0.6) is 0 Å². The molecule has 0 aliphatic carbocycles. The van der Waals surface area contributed by atoms with E-state index >= 15 is 0 Å². The monoisotopic (exact) mass is 102 g/mol. The molecule has 3 unspecified atom stereocenters. The fourth-order valence-electron chi connectivity index (χ4n) is 0.665. The summed E-state index contributed by atoms with van der Waals surface area (Å²) in [4.78, 5) is 2.02. The molecule has 1 aliphatic rings. The lowest BCUT2D eigenvalue weighted by Gasteiger charge is -2.13. The minimum absolute atomic E-state index is 0.264. The van der Waals surface area contributed by atoms with Gasteiger partial charge in [-0.2, -0.15) is 0 Å². The summed E-state index contributed by atoms with van der Waals surface area (Å²) in [6.45, 7) is 0.968. The number of hydrogen-bond acceptors (Lipinski definition) is 2. The summed E-state index contributed by atoms with van der Waals surface area (Å²) >= 11 is 0. The van der Waals surface area contributed by atoms with E-state index in [1.165, 1.54) is 0 Å². The number of hydroxylamine groups is 2. The topological polar surface area (TPSA) is 30.5 Å². The number of nitrogens with zero attached hydrogens (tertiary/aromatic N) is 1. The highest BCUT2D eigenvalue weighted by Crippen LogP contribution is 2.03. The Morgan fingerprint density at radius 3 is 2.29 bits per heavy atom. The molecule has 1 saturated heterocycles. The second-order valence-electron chi connectivity index (χ2n) is 2.07. The van der Waals surface area contributed by atoms with E-state index in [4.69, 9.17) is 0 Å². The zero-order valence-electron chi connectivity index (χ0n) is 4.64. The molecule has 3 heteroatoms. The van der Waals surface area contributed by atoms with Crippen molar-refractivity contribution in [2.75, 3.05) is 20.6 Å². The average Bonchev–Trinajstić information content (AvgIpc) is 2.17. The lowest BCUT2D eigenvalue weighted by atomic mass is 10.8. The van der Waals surface area contributed by atoms with Crippen LogP contribution >= 0.6 is 0 Å². The van der Waals surface area contributed by atoms with Crippen LogP contribution < -0.4 is 5.06 Å². The van der Waals surface area contributed by atoms with Crippen LogP contribution in [-0.4, -0.2) is 31.7 Å². The van der Waals surface area contributed by atoms with Gasteiger partial charge >= 0.3 is 0 Å². The summed E-state index contributed by atoms with van der Waals surface area (Å²) in [5.41, 5.74) is 0. The van der Waals surface area contributed by atoms with Crippen molar-refractivity contribution in [3.63, 3.8) is 0 Å². The first-order chi connectivity index (χ1) is 3.22. The van der Waals surface area contributed by atoms with Gasteiger partial charge in [0.15, 0.2) is 6.17 Å². The van der Waals surface area contributed by atoms with Crippen molar-refractivity contribution in [2.45, 2.75) is 6.17 Å². The van der Waals surface area contributed by atoms with Gasteiger partial charge in [0.2, 0.25) is 0 Å². The molecule has 3 atom stereocenters. The molecule has 0 radical (unpaired) electrons. The zero-order chi connectivity index (χ0) is 5.44. The fraction of sp³-hybridized carbons (Fsp3) is 1.00. The highest BCUT2D eigenvalue weighted by molar-refractivity contribution is 4.73. The Bertz CT molecular complexity index is 74.1. The molecule has 0 bridgehead atoms. The van der Waals surface area contributed by atoms with Crippen molar-refractivity contribution in [1.29, 1.82) is 0 Å². The minimum atomic E-state index is 0.264. The molecule has 1 heterocycles. The van der Waals surface area contributed by atoms with Gasteiger partial charge in [0.05, 0.1) is 13.6 Å². The van der Waals surface area contributed by atoms with Crippen LogP contribution in [0.15, 0.2) is 0 Å². The van der Waals surface area contributed by atoms with Gasteiger partial charge < -0.3 is 10.3 Å². The number of hydrogen-bond donors (Lipinski definition) is 1. The Balaban J connectivity index is 2.20. The molecule has 0 saturated carbocycles. The van der Waals surface area contributed by atoms with Crippen LogP contribution in [0.1, 0.15) is 0 Å². The second-order valence-corrected chi connectivity index (χ2v) is 2.07. The van der Waals surface area contributed by atoms with Crippen LogP contribution in [0, 0.1) is 5.21 Å². The Morgan fingerprint density at radius 2 is 2.29 bits per heavy atom. The summed E-state index contributed by atoms with van der Waals surface area (Å²) in [7, 11) is 3.58. The predicted octanol–water partition coefficient (Wildman–Crippen LogP) is -1.73. The van der Waals surface area contributed by atoms with Gasteiger partial charge in [-0.3, -0.25) is 0 Å². The first kappa shape index (κ1) is 5.03. The van der Waals surface area contributed by atoms with Crippen molar-refractivity contribution < 1.29 is 5.06 Å². The van der Waals surface area contributed by atoms with Gasteiger partial charge in [0.25, 0.3) is 0 Å². The fourth-order valence-corrected chi connectivity index (χ4v) is 0.665. The molecular weight excluding hydrogens is 92.1 g/mol. The average molecular weight is 102 g/mol. The first-order valence-electron chi connectivity index (χ1n) is 2.42. The van der Waals surface area contributed by atoms with E-state index in [1.54, 1.807) is 7.05 Å². The highest BCUT2D eigenvalue weighted by atomic mass is 16.5. The third kappa shape index (κ3) is 0.907. The SMILES string of the molecule is CN1CC1[NH+](C)[O-]. The Morgan fingerprint density at radius 1 is 1.86 bits per heavy atom. The summed E-state index contributed by atoms with van der Waals surface area (Å²) in [5, 5.41) is 10.7. The maximum Gasteiger partial charge on any atom is 0.156 e. The van der Waals surface area contributed by atoms with Crippen LogP contribution in [0.3, 0.4) is 0 Å². The van der Waals surface area contributed by atoms with Gasteiger partial charge in [0.1, 0.15) is 0 Å². The van der Waals surface area contributed by atoms with Gasteiger partial charge in [-0.15, -0.1) is 0 Å². The molecular formula is C4H10N2O. The molecule has 7 heavy (non-hydrogen) atoms. The normalized spacial score (nSPS) is 43.3. The predicted molar refractivity (Wildman–Crippen MR) is 26.7 cm³/mol. The van der Waals surface area contributed by atoms with Gasteiger partial charge in [-0.25, -0.2) is 4.90 Å². The molecule has 0 spiro atoms. The third-order valence-corrected chi connectivity index (χ3v) is 1.33. The van der Waals surface area contributed by atoms with Crippen LogP contribution in [0.4, 0.5) is 0 Å². The zero-order valence-corrected chi connectivity index (χ0v) is 4.64. The first-order valence-corrected chi connectivity index (χ1v) is 2.42. The van der Waals surface area contributed by atoms with Crippen molar-refractivity contribution in [3.8, 4) is 0 Å². The van der Waals surface area contributed by atoms with Gasteiger partial charge in [-0.1, -0.05) is 0 Å². The van der Waals surface area contributed by atoms with E-state index in [1.807, 2.05) is 11.9 Å². The quantitative estimate of drug-likeness (QED) is 0.315. The molecule has 1 N–H and O–H groups in total. The number of likely N-dealkylation sites (N-methyl/N-ethyl adjacent to an activating group) is 2. The lowest BCUT2D eigenvalue weighted by molar-refractivity contribution is -0.843. The molecule has 0 aromatic rings. The standard InChI is InChI=1S/C4H10N2O/c1-5-3-4(5)6(2)7/h4,6H,3H2,1-2H3. The van der Waals surface area contributed by atoms with Crippen molar-refractivity contribution >= 4 is 0 Å². The van der Waals surface area contributed by atoms with E-state index < -0.39 is 0 Å². The van der Waals surface area contributed by atoms with E-state index in [0.29, 0.717) is 5.06 Å². The minimum Gasteiger partial charge on any atom is -0.633 e. The van der Waals surface area contributed by atoms with E-state index in [0.717, 1.165) is 6.54 Å². The molecule has 0 aromatic heterocycles. The molecule has 0 amide bonds. The van der Waals surface area contributed by atoms with Crippen LogP contribution in [0.2, 0.25) is 0 Å². The summed E-state index contributed by atoms with van der Waals surface area (Å²) < 4.78 is 0. The molecule has 0 aromatic carbocycles.